The van der Waals surface area contributed by atoms with Gasteiger partial charge >= 0.3 is 0 Å². The summed E-state index contributed by atoms with van der Waals surface area (Å²) in [6, 6.07) is 6.10. The largest absolute Gasteiger partial charge is 0.472 e. The molecular formula is C13H13NO2S2. The van der Waals surface area contributed by atoms with E-state index in [0.717, 1.165) is 18.5 Å². The molecule has 1 fully saturated rings. The maximum Gasteiger partial charge on any atom is 0.233 e. The molecule has 0 spiro atoms. The van der Waals surface area contributed by atoms with Gasteiger partial charge in [-0.3, -0.25) is 4.79 Å². The van der Waals surface area contributed by atoms with Gasteiger partial charge in [0.25, 0.3) is 0 Å². The molecule has 0 bridgehead atoms. The minimum atomic E-state index is 0.121. The predicted molar refractivity (Wildman–Crippen MR) is 73.6 cm³/mol. The van der Waals surface area contributed by atoms with Crippen LogP contribution in [0.15, 0.2) is 40.5 Å². The number of hydrogen-bond acceptors (Lipinski definition) is 4. The van der Waals surface area contributed by atoms with E-state index in [9.17, 15) is 4.79 Å². The van der Waals surface area contributed by atoms with Crippen molar-refractivity contribution in [1.82, 2.24) is 4.90 Å². The Morgan fingerprint density at radius 1 is 1.44 bits per heavy atom. The summed E-state index contributed by atoms with van der Waals surface area (Å²) in [5.41, 5.74) is 1.08. The van der Waals surface area contributed by atoms with Gasteiger partial charge in [0.2, 0.25) is 5.91 Å². The van der Waals surface area contributed by atoms with Crippen LogP contribution in [-0.2, 0) is 11.2 Å². The first-order chi connectivity index (χ1) is 8.84. The van der Waals surface area contributed by atoms with Crippen molar-refractivity contribution in [3.63, 3.8) is 0 Å². The van der Waals surface area contributed by atoms with Gasteiger partial charge in [0.15, 0.2) is 0 Å². The van der Waals surface area contributed by atoms with Crippen LogP contribution in [0.4, 0.5) is 0 Å². The number of rotatable bonds is 4. The average molecular weight is 279 g/mol. The summed E-state index contributed by atoms with van der Waals surface area (Å²) >= 11 is 3.42. The van der Waals surface area contributed by atoms with Crippen molar-refractivity contribution in [2.45, 2.75) is 11.8 Å². The molecule has 2 aromatic heterocycles. The van der Waals surface area contributed by atoms with Gasteiger partial charge in [-0.1, -0.05) is 6.07 Å². The molecule has 1 aliphatic heterocycles. The second kappa shape index (κ2) is 5.20. The standard InChI is InChI=1S/C13H13NO2S2/c15-12-9-18-13(10-4-6-16-8-10)14(12)5-3-11-2-1-7-17-11/h1-2,4,6-8,13H,3,5,9H2. The molecule has 5 heteroatoms. The van der Waals surface area contributed by atoms with E-state index in [4.69, 9.17) is 4.42 Å². The molecule has 0 saturated carbocycles. The van der Waals surface area contributed by atoms with E-state index in [1.165, 1.54) is 4.88 Å². The number of thiophene rings is 1. The number of carbonyl (C=O) groups excluding carboxylic acids is 1. The molecule has 2 aromatic rings. The van der Waals surface area contributed by atoms with Crippen molar-refractivity contribution in [1.29, 1.82) is 0 Å². The summed E-state index contributed by atoms with van der Waals surface area (Å²) in [6.45, 7) is 0.780. The molecule has 0 N–H and O–H groups in total. The Hall–Kier alpha value is -1.20. The van der Waals surface area contributed by atoms with Crippen LogP contribution in [0.25, 0.3) is 0 Å². The van der Waals surface area contributed by atoms with Crippen molar-refractivity contribution < 1.29 is 9.21 Å². The summed E-state index contributed by atoms with van der Waals surface area (Å²) in [4.78, 5) is 15.2. The van der Waals surface area contributed by atoms with Gasteiger partial charge in [0.1, 0.15) is 5.37 Å². The van der Waals surface area contributed by atoms with Crippen LogP contribution in [0.5, 0.6) is 0 Å². The van der Waals surface area contributed by atoms with Crippen molar-refractivity contribution >= 4 is 29.0 Å². The Kier molecular flexibility index (Phi) is 3.43. The Balaban J connectivity index is 1.70. The van der Waals surface area contributed by atoms with Gasteiger partial charge in [-0.2, -0.15) is 0 Å². The van der Waals surface area contributed by atoms with Gasteiger partial charge in [-0.15, -0.1) is 23.1 Å². The van der Waals surface area contributed by atoms with Crippen LogP contribution in [0, 0.1) is 0 Å². The smallest absolute Gasteiger partial charge is 0.233 e. The Morgan fingerprint density at radius 3 is 3.11 bits per heavy atom. The predicted octanol–water partition coefficient (Wildman–Crippen LogP) is 3.16. The fourth-order valence-electron chi connectivity index (χ4n) is 2.07. The van der Waals surface area contributed by atoms with Gasteiger partial charge in [0.05, 0.1) is 18.3 Å². The molecule has 3 rings (SSSR count). The molecule has 0 aliphatic carbocycles. The van der Waals surface area contributed by atoms with Gasteiger partial charge in [-0.05, 0) is 23.9 Å². The first-order valence-corrected chi connectivity index (χ1v) is 7.73. The zero-order valence-electron chi connectivity index (χ0n) is 9.74. The number of hydrogen-bond donors (Lipinski definition) is 0. The summed E-state index contributed by atoms with van der Waals surface area (Å²) in [6.07, 6.45) is 4.32. The number of carbonyl (C=O) groups is 1. The van der Waals surface area contributed by atoms with Crippen LogP contribution < -0.4 is 0 Å². The minimum Gasteiger partial charge on any atom is -0.472 e. The first kappa shape index (κ1) is 11.9. The first-order valence-electron chi connectivity index (χ1n) is 5.80. The zero-order chi connectivity index (χ0) is 12.4. The maximum absolute atomic E-state index is 11.9. The van der Waals surface area contributed by atoms with Gasteiger partial charge in [-0.25, -0.2) is 0 Å². The van der Waals surface area contributed by atoms with Gasteiger partial charge in [0, 0.05) is 17.0 Å². The van der Waals surface area contributed by atoms with Crippen LogP contribution in [0.2, 0.25) is 0 Å². The van der Waals surface area contributed by atoms with Crippen LogP contribution >= 0.6 is 23.1 Å². The van der Waals surface area contributed by atoms with Crippen LogP contribution in [0.3, 0.4) is 0 Å². The number of furan rings is 1. The van der Waals surface area contributed by atoms with E-state index in [0.29, 0.717) is 5.75 Å². The average Bonchev–Trinajstić information content (AvgIpc) is 3.08. The highest BCUT2D eigenvalue weighted by Crippen LogP contribution is 2.38. The Bertz CT molecular complexity index is 507. The number of amides is 1. The van der Waals surface area contributed by atoms with Crippen LogP contribution in [0.1, 0.15) is 15.8 Å². The number of nitrogens with zero attached hydrogens (tertiary/aromatic N) is 1. The molecule has 0 radical (unpaired) electrons. The molecule has 3 nitrogen and oxygen atoms in total. The highest BCUT2D eigenvalue weighted by molar-refractivity contribution is 8.00. The van der Waals surface area contributed by atoms with E-state index < -0.39 is 0 Å². The van der Waals surface area contributed by atoms with Crippen LogP contribution in [-0.4, -0.2) is 23.1 Å². The Labute approximate surface area is 114 Å². The fourth-order valence-corrected chi connectivity index (χ4v) is 3.97. The van der Waals surface area contributed by atoms with Crippen molar-refractivity contribution in [2.24, 2.45) is 0 Å². The molecule has 1 aliphatic rings. The van der Waals surface area contributed by atoms with Crippen molar-refractivity contribution in [3.05, 3.63) is 46.5 Å². The van der Waals surface area contributed by atoms with E-state index >= 15 is 0 Å². The third-order valence-electron chi connectivity index (χ3n) is 2.98. The highest BCUT2D eigenvalue weighted by atomic mass is 32.2. The van der Waals surface area contributed by atoms with Crippen molar-refractivity contribution in [2.75, 3.05) is 12.3 Å². The molecule has 1 atom stereocenters. The molecule has 1 saturated heterocycles. The topological polar surface area (TPSA) is 33.5 Å². The normalized spacial score (nSPS) is 19.7. The number of thioether (sulfide) groups is 1. The SMILES string of the molecule is O=C1CSC(c2ccoc2)N1CCc1cccs1. The lowest BCUT2D eigenvalue weighted by molar-refractivity contribution is -0.128. The molecule has 3 heterocycles. The summed E-state index contributed by atoms with van der Waals surface area (Å²) < 4.78 is 5.11. The molecular weight excluding hydrogens is 266 g/mol. The minimum absolute atomic E-state index is 0.121. The monoisotopic (exact) mass is 279 g/mol. The quantitative estimate of drug-likeness (QED) is 0.862. The third kappa shape index (κ3) is 2.33. The molecule has 1 unspecified atom stereocenters. The molecule has 0 aromatic carbocycles. The third-order valence-corrected chi connectivity index (χ3v) is 5.17. The van der Waals surface area contributed by atoms with E-state index in [-0.39, 0.29) is 11.3 Å². The lowest BCUT2D eigenvalue weighted by Crippen LogP contribution is -2.30. The highest BCUT2D eigenvalue weighted by Gasteiger charge is 2.32. The lowest BCUT2D eigenvalue weighted by Gasteiger charge is -2.22. The van der Waals surface area contributed by atoms with E-state index in [2.05, 4.69) is 11.4 Å². The summed E-state index contributed by atoms with van der Waals surface area (Å²) in [7, 11) is 0. The zero-order valence-corrected chi connectivity index (χ0v) is 11.4. The fraction of sp³-hybridized carbons (Fsp3) is 0.308. The van der Waals surface area contributed by atoms with E-state index in [1.54, 1.807) is 35.6 Å². The second-order valence-corrected chi connectivity index (χ2v) is 6.24. The van der Waals surface area contributed by atoms with Crippen molar-refractivity contribution in [3.8, 4) is 0 Å². The van der Waals surface area contributed by atoms with E-state index in [1.807, 2.05) is 17.0 Å². The molecule has 1 amide bonds. The van der Waals surface area contributed by atoms with Gasteiger partial charge < -0.3 is 9.32 Å². The maximum atomic E-state index is 11.9. The second-order valence-electron chi connectivity index (χ2n) is 4.14. The summed E-state index contributed by atoms with van der Waals surface area (Å²) in [5.74, 6) is 0.795. The summed E-state index contributed by atoms with van der Waals surface area (Å²) in [5, 5.41) is 2.19. The molecule has 18 heavy (non-hydrogen) atoms. The molecule has 94 valence electrons. The lowest BCUT2D eigenvalue weighted by atomic mass is 10.2. The Morgan fingerprint density at radius 2 is 2.39 bits per heavy atom.